The van der Waals surface area contributed by atoms with Gasteiger partial charge in [0.15, 0.2) is 0 Å². The van der Waals surface area contributed by atoms with E-state index in [9.17, 15) is 19.8 Å². The van der Waals surface area contributed by atoms with Crippen LogP contribution in [0.5, 0.6) is 0 Å². The molecule has 0 aromatic rings. The first-order chi connectivity index (χ1) is 31.5. The van der Waals surface area contributed by atoms with E-state index in [2.05, 4.69) is 55.6 Å². The number of hydrogen-bond donors (Lipinski definition) is 3. The van der Waals surface area contributed by atoms with Gasteiger partial charge in [0.25, 0.3) is 0 Å². The molecular weight excluding hydrogens is 791 g/mol. The van der Waals surface area contributed by atoms with Crippen molar-refractivity contribution in [1.82, 2.24) is 5.32 Å². The quantitative estimate of drug-likeness (QED) is 0.0321. The van der Waals surface area contributed by atoms with Crippen LogP contribution >= 0.6 is 0 Å². The number of esters is 1. The fourth-order valence-corrected chi connectivity index (χ4v) is 8.25. The van der Waals surface area contributed by atoms with Crippen LogP contribution in [0.3, 0.4) is 0 Å². The second-order valence-electron chi connectivity index (χ2n) is 18.9. The molecule has 3 N–H and O–H groups in total. The summed E-state index contributed by atoms with van der Waals surface area (Å²) in [7, 11) is 0. The number of carbonyl (C=O) groups is 2. The molecule has 0 heterocycles. The third kappa shape index (κ3) is 49.3. The lowest BCUT2D eigenvalue weighted by Crippen LogP contribution is -2.45. The number of allylic oxidation sites excluding steroid dienone is 7. The average molecular weight is 898 g/mol. The van der Waals surface area contributed by atoms with E-state index in [1.807, 2.05) is 6.08 Å². The number of ether oxygens (including phenoxy) is 1. The normalized spacial score (nSPS) is 13.0. The molecule has 0 aromatic heterocycles. The Morgan fingerprint density at radius 3 is 1.23 bits per heavy atom. The van der Waals surface area contributed by atoms with E-state index in [0.717, 1.165) is 70.6 Å². The van der Waals surface area contributed by atoms with Crippen LogP contribution in [0.2, 0.25) is 0 Å². The predicted molar refractivity (Wildman–Crippen MR) is 278 cm³/mol. The smallest absolute Gasteiger partial charge is 0.305 e. The molecule has 0 fully saturated rings. The van der Waals surface area contributed by atoms with E-state index < -0.39 is 12.1 Å². The van der Waals surface area contributed by atoms with Crippen molar-refractivity contribution < 1.29 is 24.5 Å². The molecule has 2 atom stereocenters. The summed E-state index contributed by atoms with van der Waals surface area (Å²) in [6, 6.07) is -0.638. The maximum Gasteiger partial charge on any atom is 0.305 e. The molecule has 374 valence electrons. The van der Waals surface area contributed by atoms with Gasteiger partial charge in [-0.2, -0.15) is 0 Å². The van der Waals surface area contributed by atoms with Gasteiger partial charge in [0.05, 0.1) is 25.4 Å². The molecule has 0 aliphatic rings. The number of aliphatic hydroxyl groups is 2. The van der Waals surface area contributed by atoms with Crippen molar-refractivity contribution in [2.24, 2.45) is 0 Å². The van der Waals surface area contributed by atoms with Gasteiger partial charge in [-0.25, -0.2) is 0 Å². The van der Waals surface area contributed by atoms with Gasteiger partial charge < -0.3 is 20.3 Å². The Morgan fingerprint density at radius 2 is 0.781 bits per heavy atom. The number of carbonyl (C=O) groups excluding carboxylic acids is 2. The van der Waals surface area contributed by atoms with Gasteiger partial charge in [-0.05, 0) is 89.9 Å². The minimum Gasteiger partial charge on any atom is -0.466 e. The minimum absolute atomic E-state index is 0.0126. The molecule has 2 unspecified atom stereocenters. The van der Waals surface area contributed by atoms with Crippen molar-refractivity contribution in [3.8, 4) is 0 Å². The second-order valence-corrected chi connectivity index (χ2v) is 18.9. The number of nitrogens with one attached hydrogen (secondary N) is 1. The van der Waals surface area contributed by atoms with E-state index in [0.29, 0.717) is 19.4 Å². The first-order valence-corrected chi connectivity index (χ1v) is 27.9. The van der Waals surface area contributed by atoms with Crippen LogP contribution in [0, 0.1) is 0 Å². The molecule has 0 aromatic carbocycles. The van der Waals surface area contributed by atoms with Crippen LogP contribution in [0.4, 0.5) is 0 Å². The number of amides is 1. The molecule has 1 amide bonds. The van der Waals surface area contributed by atoms with E-state index in [4.69, 9.17) is 4.74 Å². The molecule has 0 saturated heterocycles. The topological polar surface area (TPSA) is 95.9 Å². The molecule has 0 spiro atoms. The largest absolute Gasteiger partial charge is 0.466 e. The molecule has 6 heteroatoms. The zero-order chi connectivity index (χ0) is 46.5. The lowest BCUT2D eigenvalue weighted by atomic mass is 10.0. The van der Waals surface area contributed by atoms with Gasteiger partial charge in [0, 0.05) is 12.8 Å². The molecule has 0 saturated carbocycles. The zero-order valence-corrected chi connectivity index (χ0v) is 42.5. The van der Waals surface area contributed by atoms with Crippen LogP contribution in [0.25, 0.3) is 0 Å². The summed E-state index contributed by atoms with van der Waals surface area (Å²) in [6.45, 7) is 4.85. The Bertz CT molecular complexity index is 1080. The molecule has 0 aliphatic heterocycles. The average Bonchev–Trinajstić information content (AvgIpc) is 3.29. The standard InChI is InChI=1S/C58H107NO5/c1-3-5-7-9-11-13-15-17-23-28-32-36-40-44-48-52-58(63)64-53-49-45-41-37-33-29-25-22-20-19-21-24-27-31-35-39-43-47-51-57(62)59-55(54-60)56(61)50-46-42-38-34-30-26-18-16-14-12-10-8-6-4-2/h11,13,17,21,23-24,46,50,55-56,60-61H,3-10,12,14-16,18-20,22,25-45,47-49,51-54H2,1-2H3,(H,59,62)/b13-11-,23-17-,24-21-,50-46+. The predicted octanol–water partition coefficient (Wildman–Crippen LogP) is 17.0. The summed E-state index contributed by atoms with van der Waals surface area (Å²) in [5.74, 6) is -0.0960. The summed E-state index contributed by atoms with van der Waals surface area (Å²) in [5.41, 5.74) is 0. The van der Waals surface area contributed by atoms with Gasteiger partial charge >= 0.3 is 5.97 Å². The molecule has 64 heavy (non-hydrogen) atoms. The number of rotatable bonds is 51. The van der Waals surface area contributed by atoms with Gasteiger partial charge in [0.2, 0.25) is 5.91 Å². The summed E-state index contributed by atoms with van der Waals surface area (Å²) in [6.07, 6.45) is 66.9. The highest BCUT2D eigenvalue weighted by atomic mass is 16.5. The molecule has 0 bridgehead atoms. The molecule has 0 radical (unpaired) electrons. The maximum atomic E-state index is 12.4. The second kappa shape index (κ2) is 53.4. The molecule has 0 aliphatic carbocycles. The number of aliphatic hydroxyl groups excluding tert-OH is 2. The lowest BCUT2D eigenvalue weighted by Gasteiger charge is -2.20. The molecule has 6 nitrogen and oxygen atoms in total. The third-order valence-electron chi connectivity index (χ3n) is 12.6. The fraction of sp³-hybridized carbons (Fsp3) is 0.828. The highest BCUT2D eigenvalue weighted by molar-refractivity contribution is 5.76. The zero-order valence-electron chi connectivity index (χ0n) is 42.5. The van der Waals surface area contributed by atoms with Crippen molar-refractivity contribution in [3.05, 3.63) is 48.6 Å². The Hall–Kier alpha value is -2.18. The Labute approximate surface area is 397 Å². The molecular formula is C58H107NO5. The van der Waals surface area contributed by atoms with Crippen LogP contribution in [-0.4, -0.2) is 47.4 Å². The van der Waals surface area contributed by atoms with Crippen molar-refractivity contribution in [2.45, 2.75) is 296 Å². The van der Waals surface area contributed by atoms with E-state index in [1.165, 1.54) is 186 Å². The van der Waals surface area contributed by atoms with Crippen molar-refractivity contribution in [1.29, 1.82) is 0 Å². The summed E-state index contributed by atoms with van der Waals surface area (Å²) >= 11 is 0. The van der Waals surface area contributed by atoms with E-state index in [1.54, 1.807) is 6.08 Å². The van der Waals surface area contributed by atoms with Crippen LogP contribution in [-0.2, 0) is 14.3 Å². The van der Waals surface area contributed by atoms with Crippen molar-refractivity contribution in [2.75, 3.05) is 13.2 Å². The summed E-state index contributed by atoms with van der Waals surface area (Å²) < 4.78 is 5.46. The van der Waals surface area contributed by atoms with Crippen molar-refractivity contribution >= 4 is 11.9 Å². The van der Waals surface area contributed by atoms with Crippen LogP contribution in [0.1, 0.15) is 284 Å². The van der Waals surface area contributed by atoms with E-state index in [-0.39, 0.29) is 18.5 Å². The summed E-state index contributed by atoms with van der Waals surface area (Å²) in [4.78, 5) is 24.5. The lowest BCUT2D eigenvalue weighted by molar-refractivity contribution is -0.143. The highest BCUT2D eigenvalue weighted by Gasteiger charge is 2.18. The van der Waals surface area contributed by atoms with Crippen LogP contribution < -0.4 is 5.32 Å². The SMILES string of the molecule is CCCCC/C=C\C/C=C\CCCCCCCC(=O)OCCCCCCCCCCC/C=C\CCCCCCCC(=O)NC(CO)C(O)/C=C/CCCCCCCCCCCCCC. The Balaban J connectivity index is 3.49. The van der Waals surface area contributed by atoms with Crippen molar-refractivity contribution in [3.63, 3.8) is 0 Å². The molecule has 0 rings (SSSR count). The van der Waals surface area contributed by atoms with Gasteiger partial charge in [0.1, 0.15) is 0 Å². The van der Waals surface area contributed by atoms with Gasteiger partial charge in [-0.15, -0.1) is 0 Å². The number of unbranched alkanes of at least 4 members (excludes halogenated alkanes) is 34. The first kappa shape index (κ1) is 61.8. The van der Waals surface area contributed by atoms with Gasteiger partial charge in [-0.3, -0.25) is 9.59 Å². The monoisotopic (exact) mass is 898 g/mol. The summed E-state index contributed by atoms with van der Waals surface area (Å²) in [5, 5.41) is 23.1. The van der Waals surface area contributed by atoms with E-state index >= 15 is 0 Å². The van der Waals surface area contributed by atoms with Gasteiger partial charge in [-0.1, -0.05) is 229 Å². The Morgan fingerprint density at radius 1 is 0.438 bits per heavy atom. The Kier molecular flexibility index (Phi) is 51.6. The number of hydrogen-bond acceptors (Lipinski definition) is 5. The highest BCUT2D eigenvalue weighted by Crippen LogP contribution is 2.15. The maximum absolute atomic E-state index is 12.4. The van der Waals surface area contributed by atoms with Crippen LogP contribution in [0.15, 0.2) is 48.6 Å². The first-order valence-electron chi connectivity index (χ1n) is 27.9. The minimum atomic E-state index is -0.853. The third-order valence-corrected chi connectivity index (χ3v) is 12.6. The fourth-order valence-electron chi connectivity index (χ4n) is 8.25.